The number of aromatic nitrogens is 5. The van der Waals surface area contributed by atoms with Crippen molar-refractivity contribution in [2.75, 3.05) is 30.5 Å². The molecule has 0 saturated carbocycles. The lowest BCUT2D eigenvalue weighted by Gasteiger charge is -2.13. The number of hydrogen-bond donors (Lipinski definition) is 3. The third-order valence-corrected chi connectivity index (χ3v) is 6.18. The molecule has 0 radical (unpaired) electrons. The number of aryl methyl sites for hydroxylation is 1. The summed E-state index contributed by atoms with van der Waals surface area (Å²) in [4.78, 5) is 28.9. The van der Waals surface area contributed by atoms with E-state index in [2.05, 4.69) is 37.1 Å². The summed E-state index contributed by atoms with van der Waals surface area (Å²) in [5.41, 5.74) is 11.9. The van der Waals surface area contributed by atoms with Gasteiger partial charge < -0.3 is 30.4 Å². The lowest BCUT2D eigenvalue weighted by atomic mass is 9.98. The maximum absolute atomic E-state index is 11.7. The number of anilines is 3. The summed E-state index contributed by atoms with van der Waals surface area (Å²) in [7, 11) is 5.27. The highest BCUT2D eigenvalue weighted by Gasteiger charge is 2.23. The number of nitrogens with one attached hydrogen (secondary N) is 2. The van der Waals surface area contributed by atoms with Gasteiger partial charge in [-0.25, -0.2) is 19.9 Å². The zero-order valence-corrected chi connectivity index (χ0v) is 21.6. The van der Waals surface area contributed by atoms with Crippen LogP contribution in [0.2, 0.25) is 0 Å². The van der Waals surface area contributed by atoms with Crippen LogP contribution < -0.4 is 25.8 Å². The molecule has 0 aliphatic rings. The summed E-state index contributed by atoms with van der Waals surface area (Å²) in [5, 5.41) is 6.44. The van der Waals surface area contributed by atoms with Crippen molar-refractivity contribution in [1.29, 1.82) is 0 Å². The minimum atomic E-state index is -0.283. The molecule has 0 fully saturated rings. The average molecular weight is 523 g/mol. The second kappa shape index (κ2) is 10.5. The predicted octanol–water partition coefficient (Wildman–Crippen LogP) is 4.64. The van der Waals surface area contributed by atoms with Gasteiger partial charge in [-0.1, -0.05) is 24.8 Å². The Balaban J connectivity index is 1.62. The molecule has 2 aromatic carbocycles. The Morgan fingerprint density at radius 2 is 1.72 bits per heavy atom. The van der Waals surface area contributed by atoms with Gasteiger partial charge in [-0.2, -0.15) is 0 Å². The maximum Gasteiger partial charge on any atom is 0.322 e. The van der Waals surface area contributed by atoms with E-state index in [0.29, 0.717) is 34.0 Å². The molecule has 5 rings (SSSR count). The molecule has 3 heterocycles. The average Bonchev–Trinajstić information content (AvgIpc) is 3.27. The second-order valence-corrected chi connectivity index (χ2v) is 8.48. The Morgan fingerprint density at radius 3 is 2.38 bits per heavy atom. The van der Waals surface area contributed by atoms with E-state index in [1.807, 2.05) is 48.0 Å². The fourth-order valence-corrected chi connectivity index (χ4v) is 4.30. The summed E-state index contributed by atoms with van der Waals surface area (Å²) in [6.45, 7) is 3.49. The first-order valence-electron chi connectivity index (χ1n) is 11.9. The minimum Gasteiger partial charge on any atom is -0.493 e. The van der Waals surface area contributed by atoms with E-state index in [-0.39, 0.29) is 11.9 Å². The molecule has 0 aliphatic carbocycles. The zero-order valence-electron chi connectivity index (χ0n) is 21.6. The monoisotopic (exact) mass is 522 g/mol. The standard InChI is InChI=1S/C28H26N8O3/c1-5-22(37)35-18-9-6-16(7-10-18)25-23(24-26(29)33-15-34-27(24)36(25)3)17-8-11-20(21(12-17)38-4)39-28-31-13-19(30-2)14-32-28/h5-15,30H,1H2,2-4H3,(H,35,37)(H2,29,33,34). The van der Waals surface area contributed by atoms with Crippen molar-refractivity contribution >= 4 is 34.1 Å². The summed E-state index contributed by atoms with van der Waals surface area (Å²) >= 11 is 0. The third-order valence-electron chi connectivity index (χ3n) is 6.18. The number of methoxy groups -OCH3 is 1. The number of amides is 1. The summed E-state index contributed by atoms with van der Waals surface area (Å²) in [6.07, 6.45) is 5.92. The first-order valence-corrected chi connectivity index (χ1v) is 11.9. The van der Waals surface area contributed by atoms with E-state index >= 15 is 0 Å². The van der Waals surface area contributed by atoms with E-state index in [1.54, 1.807) is 32.6 Å². The lowest BCUT2D eigenvalue weighted by Crippen LogP contribution is -2.06. The van der Waals surface area contributed by atoms with Gasteiger partial charge in [0.05, 0.1) is 36.3 Å². The Bertz CT molecular complexity index is 1680. The van der Waals surface area contributed by atoms with Crippen LogP contribution in [-0.4, -0.2) is 44.6 Å². The molecule has 196 valence electrons. The third kappa shape index (κ3) is 4.80. The molecule has 11 nitrogen and oxygen atoms in total. The van der Waals surface area contributed by atoms with Gasteiger partial charge in [0.1, 0.15) is 17.8 Å². The number of carbonyl (C=O) groups excluding carboxylic acids is 1. The molecule has 0 aliphatic heterocycles. The number of carbonyl (C=O) groups is 1. The van der Waals surface area contributed by atoms with E-state index in [0.717, 1.165) is 28.1 Å². The molecule has 0 unspecified atom stereocenters. The number of nitrogens with two attached hydrogens (primary N) is 1. The van der Waals surface area contributed by atoms with Gasteiger partial charge in [0.15, 0.2) is 11.5 Å². The molecule has 4 N–H and O–H groups in total. The van der Waals surface area contributed by atoms with Crippen molar-refractivity contribution in [2.24, 2.45) is 7.05 Å². The van der Waals surface area contributed by atoms with Gasteiger partial charge >= 0.3 is 6.01 Å². The Kier molecular flexibility index (Phi) is 6.79. The molecular weight excluding hydrogens is 496 g/mol. The lowest BCUT2D eigenvalue weighted by molar-refractivity contribution is -0.111. The molecule has 11 heteroatoms. The van der Waals surface area contributed by atoms with Crippen molar-refractivity contribution in [1.82, 2.24) is 24.5 Å². The van der Waals surface area contributed by atoms with Crippen LogP contribution in [0.15, 0.2) is 73.8 Å². The van der Waals surface area contributed by atoms with Crippen LogP contribution in [0.5, 0.6) is 17.5 Å². The van der Waals surface area contributed by atoms with Gasteiger partial charge in [-0.05, 0) is 41.5 Å². The number of hydrogen-bond acceptors (Lipinski definition) is 9. The molecule has 39 heavy (non-hydrogen) atoms. The quantitative estimate of drug-likeness (QED) is 0.248. The van der Waals surface area contributed by atoms with Crippen LogP contribution in [0.1, 0.15) is 0 Å². The molecular formula is C28H26N8O3. The van der Waals surface area contributed by atoms with Crippen molar-refractivity contribution in [3.63, 3.8) is 0 Å². The summed E-state index contributed by atoms with van der Waals surface area (Å²) < 4.78 is 13.5. The first-order chi connectivity index (χ1) is 18.9. The van der Waals surface area contributed by atoms with Crippen LogP contribution in [-0.2, 0) is 11.8 Å². The summed E-state index contributed by atoms with van der Waals surface area (Å²) in [5.74, 6) is 0.999. The molecule has 0 spiro atoms. The molecule has 1 amide bonds. The summed E-state index contributed by atoms with van der Waals surface area (Å²) in [6, 6.07) is 13.2. The van der Waals surface area contributed by atoms with Crippen molar-refractivity contribution in [2.45, 2.75) is 0 Å². The zero-order chi connectivity index (χ0) is 27.5. The van der Waals surface area contributed by atoms with Gasteiger partial charge in [-0.15, -0.1) is 0 Å². The highest BCUT2D eigenvalue weighted by Crippen LogP contribution is 2.44. The number of rotatable bonds is 8. The number of fused-ring (bicyclic) bond motifs is 1. The van der Waals surface area contributed by atoms with Gasteiger partial charge in [0.2, 0.25) is 5.91 Å². The van der Waals surface area contributed by atoms with Gasteiger partial charge in [0, 0.05) is 25.3 Å². The van der Waals surface area contributed by atoms with Crippen LogP contribution in [0, 0.1) is 0 Å². The number of nitrogens with zero attached hydrogens (tertiary/aromatic N) is 5. The van der Waals surface area contributed by atoms with Crippen LogP contribution in [0.3, 0.4) is 0 Å². The van der Waals surface area contributed by atoms with Gasteiger partial charge in [0.25, 0.3) is 0 Å². The normalized spacial score (nSPS) is 10.7. The molecule has 0 bridgehead atoms. The largest absolute Gasteiger partial charge is 0.493 e. The molecule has 0 atom stereocenters. The van der Waals surface area contributed by atoms with Gasteiger partial charge in [-0.3, -0.25) is 4.79 Å². The van der Waals surface area contributed by atoms with Crippen molar-refractivity contribution in [3.8, 4) is 39.9 Å². The number of benzene rings is 2. The maximum atomic E-state index is 11.7. The Hall–Kier alpha value is -5.45. The van der Waals surface area contributed by atoms with Crippen LogP contribution in [0.4, 0.5) is 17.2 Å². The smallest absolute Gasteiger partial charge is 0.322 e. The molecule has 5 aromatic rings. The predicted molar refractivity (Wildman–Crippen MR) is 151 cm³/mol. The minimum absolute atomic E-state index is 0.187. The van der Waals surface area contributed by atoms with E-state index in [4.69, 9.17) is 15.2 Å². The van der Waals surface area contributed by atoms with Crippen molar-refractivity contribution in [3.05, 3.63) is 73.8 Å². The Labute approximate surface area is 224 Å². The Morgan fingerprint density at radius 1 is 1.00 bits per heavy atom. The fraction of sp³-hybridized carbons (Fsp3) is 0.107. The highest BCUT2D eigenvalue weighted by molar-refractivity contribution is 6.08. The molecule has 3 aromatic heterocycles. The van der Waals surface area contributed by atoms with E-state index < -0.39 is 0 Å². The second-order valence-electron chi connectivity index (χ2n) is 8.48. The van der Waals surface area contributed by atoms with E-state index in [1.165, 1.54) is 12.4 Å². The van der Waals surface area contributed by atoms with Crippen LogP contribution in [0.25, 0.3) is 33.4 Å². The number of ether oxygens (including phenoxy) is 2. The fourth-order valence-electron chi connectivity index (χ4n) is 4.30. The van der Waals surface area contributed by atoms with Crippen LogP contribution >= 0.6 is 0 Å². The topological polar surface area (TPSA) is 142 Å². The SMILES string of the molecule is C=CC(=O)Nc1ccc(-c2c(-c3ccc(Oc4ncc(NC)cn4)c(OC)c3)c3c(N)ncnc3n2C)cc1. The number of nitrogen functional groups attached to an aromatic ring is 1. The van der Waals surface area contributed by atoms with Crippen molar-refractivity contribution < 1.29 is 14.3 Å². The molecule has 0 saturated heterocycles. The first kappa shape index (κ1) is 25.2. The highest BCUT2D eigenvalue weighted by atomic mass is 16.5. The van der Waals surface area contributed by atoms with E-state index in [9.17, 15) is 4.79 Å².